The lowest BCUT2D eigenvalue weighted by atomic mass is 9.89. The van der Waals surface area contributed by atoms with Gasteiger partial charge in [-0.15, -0.1) is 0 Å². The minimum atomic E-state index is 0.895. The fourth-order valence-corrected chi connectivity index (χ4v) is 20.4. The van der Waals surface area contributed by atoms with Gasteiger partial charge in [0, 0.05) is 113 Å². The summed E-state index contributed by atoms with van der Waals surface area (Å²) < 4.78 is 19.4. The highest BCUT2D eigenvalue weighted by atomic mass is 16.3. The Morgan fingerprint density at radius 1 is 0.152 bits per heavy atom. The number of nitrogens with zero attached hydrogens (tertiary/aromatic N) is 6. The molecule has 618 valence electrons. The van der Waals surface area contributed by atoms with E-state index in [9.17, 15) is 0 Å². The molecule has 0 fully saturated rings. The summed E-state index contributed by atoms with van der Waals surface area (Å²) in [5, 5.41) is 20.7. The Bertz CT molecular complexity index is 9280. The zero-order chi connectivity index (χ0) is 87.6. The van der Waals surface area contributed by atoms with Gasteiger partial charge in [-0.25, -0.2) is 0 Å². The van der Waals surface area contributed by atoms with Gasteiger partial charge in [0.05, 0.1) is 33.1 Å². The van der Waals surface area contributed by atoms with Crippen molar-refractivity contribution in [3.8, 4) is 100 Å². The maximum absolute atomic E-state index is 6.84. The van der Waals surface area contributed by atoms with Crippen LogP contribution in [-0.4, -0.2) is 29.9 Å². The van der Waals surface area contributed by atoms with E-state index < -0.39 is 0 Å². The summed E-state index contributed by atoms with van der Waals surface area (Å²) >= 11 is 0. The van der Waals surface area contributed by atoms with Crippen LogP contribution in [-0.2, 0) is 0 Å². The predicted octanol–water partition coefficient (Wildman–Crippen LogP) is 33.4. The quantitative estimate of drug-likeness (QED) is 0.130. The summed E-state index contributed by atoms with van der Waals surface area (Å²) in [5.74, 6) is 0. The van der Waals surface area contributed by atoms with E-state index in [1.165, 1.54) is 115 Å². The number of rotatable bonds is 9. The number of hydrogen-bond acceptors (Lipinski definition) is 9. The maximum Gasteiger partial charge on any atom is 0.143 e. The molecule has 132 heavy (non-hydrogen) atoms. The molecule has 21 aromatic carbocycles. The van der Waals surface area contributed by atoms with Crippen molar-refractivity contribution < 1.29 is 13.3 Å². The van der Waals surface area contributed by atoms with Crippen molar-refractivity contribution in [2.24, 2.45) is 0 Å². The monoisotopic (exact) mass is 1690 g/mol. The Kier molecular flexibility index (Phi) is 18.4. The zero-order valence-corrected chi connectivity index (χ0v) is 72.2. The first-order valence-electron chi connectivity index (χ1n) is 44.7. The molecule has 0 aliphatic carbocycles. The highest BCUT2D eigenvalue weighted by Crippen LogP contribution is 2.48. The van der Waals surface area contributed by atoms with Crippen LogP contribution in [0.2, 0.25) is 0 Å². The molecule has 27 rings (SSSR count). The second-order valence-electron chi connectivity index (χ2n) is 34.4. The van der Waals surface area contributed by atoms with Gasteiger partial charge < -0.3 is 13.3 Å². The van der Waals surface area contributed by atoms with Crippen molar-refractivity contribution in [2.75, 3.05) is 0 Å². The SMILES string of the molecule is Cc1cc(C)c2oc3c(C)cc(-c4ccc(-c5ccc6c(c5)c5ccccc5c5nccnc65)cc4)cc3c2c1.c1ccc(-c2ccc3oc4ccc(-c5ccccc5-c5ccc6c(c5)c5ccccc5c5nccnc65)cc4c3c2)cc1.c1ccc(-c2cccc3c2oc2c(-c4ccccc4)cc(-c4ccccc4-c4ccc5c(c4)c4ccccc4c4nccnc54)cc23)cc1. The molecule has 6 heterocycles. The summed E-state index contributed by atoms with van der Waals surface area (Å²) in [4.78, 5) is 28.3. The molecule has 9 heteroatoms. The van der Waals surface area contributed by atoms with Gasteiger partial charge in [-0.1, -0.05) is 309 Å². The standard InChI is InChI=1S/C46H28N2O.C40H24N2O.C37H26N2O/c1-3-12-29(13-4-1)35-20-11-21-39-42-28-32(27-40(46(42)49-45(35)39)30-14-5-2-6-15-30)34-17-8-7-16-33(34)31-22-23-38-41(26-31)36-18-9-10-19-37(36)43-44(38)48-25-24-47-43;1-2-8-25(9-3-1)26-15-18-37-35(22-26)36-24-28(16-19-38(36)43-37)30-11-5-4-10-29(30)27-14-17-33-34(23-27)31-12-6-7-13-32(31)39-40(33)42-21-20-41-39;1-21-16-22(2)36-32(17-21)33-20-27(18-23(3)37(33)40-36)25-10-8-24(9-11-25)26-12-13-30-31(19-26)28-6-4-5-7-29(28)34-35(30)39-15-14-38-34/h1-28H;1-24H;4-20H,1-3H3. The van der Waals surface area contributed by atoms with E-state index in [1.807, 2.05) is 12.1 Å². The maximum atomic E-state index is 6.84. The van der Waals surface area contributed by atoms with Gasteiger partial charge in [0.1, 0.15) is 33.5 Å². The van der Waals surface area contributed by atoms with E-state index >= 15 is 0 Å². The Morgan fingerprint density at radius 3 is 0.932 bits per heavy atom. The Balaban J connectivity index is 0.000000107. The third-order valence-electron chi connectivity index (χ3n) is 26.5. The van der Waals surface area contributed by atoms with Gasteiger partial charge in [-0.05, 0) is 232 Å². The van der Waals surface area contributed by atoms with Gasteiger partial charge in [-0.2, -0.15) is 0 Å². The van der Waals surface area contributed by atoms with E-state index in [2.05, 4.69) is 401 Å². The van der Waals surface area contributed by atoms with Gasteiger partial charge >= 0.3 is 0 Å². The summed E-state index contributed by atoms with van der Waals surface area (Å²) in [7, 11) is 0. The molecular formula is C123H78N6O3. The van der Waals surface area contributed by atoms with Gasteiger partial charge in [0.2, 0.25) is 0 Å². The van der Waals surface area contributed by atoms with Crippen LogP contribution in [0.5, 0.6) is 0 Å². The molecule has 0 aliphatic heterocycles. The number of aryl methyl sites for hydroxylation is 3. The lowest BCUT2D eigenvalue weighted by Crippen LogP contribution is -1.90. The van der Waals surface area contributed by atoms with Crippen LogP contribution in [0.15, 0.2) is 433 Å². The van der Waals surface area contributed by atoms with Gasteiger partial charge in [-0.3, -0.25) is 29.9 Å². The average Bonchev–Trinajstić information content (AvgIpc) is 1.01. The van der Waals surface area contributed by atoms with Crippen LogP contribution in [0.25, 0.3) is 264 Å². The highest BCUT2D eigenvalue weighted by molar-refractivity contribution is 6.27. The second-order valence-corrected chi connectivity index (χ2v) is 34.4. The lowest BCUT2D eigenvalue weighted by Gasteiger charge is -2.14. The second kappa shape index (κ2) is 31.6. The Morgan fingerprint density at radius 2 is 0.447 bits per heavy atom. The van der Waals surface area contributed by atoms with Crippen LogP contribution in [0.4, 0.5) is 0 Å². The first kappa shape index (κ1) is 77.0. The molecule has 0 unspecified atom stereocenters. The largest absolute Gasteiger partial charge is 0.456 e. The van der Waals surface area contributed by atoms with Gasteiger partial charge in [0.15, 0.2) is 0 Å². The van der Waals surface area contributed by atoms with Crippen molar-refractivity contribution in [1.82, 2.24) is 29.9 Å². The zero-order valence-electron chi connectivity index (χ0n) is 72.2. The van der Waals surface area contributed by atoms with E-state index in [0.717, 1.165) is 165 Å². The summed E-state index contributed by atoms with van der Waals surface area (Å²) in [6, 6.07) is 136. The first-order chi connectivity index (χ1) is 65.2. The van der Waals surface area contributed by atoms with Crippen molar-refractivity contribution in [2.45, 2.75) is 20.8 Å². The fraction of sp³-hybridized carbons (Fsp3) is 0.0244. The van der Waals surface area contributed by atoms with Crippen LogP contribution in [0, 0.1) is 20.8 Å². The third-order valence-corrected chi connectivity index (χ3v) is 26.5. The molecule has 6 aromatic heterocycles. The number of furan rings is 3. The molecule has 0 radical (unpaired) electrons. The summed E-state index contributed by atoms with van der Waals surface area (Å²) in [5.41, 5.74) is 35.7. The van der Waals surface area contributed by atoms with Crippen LogP contribution in [0.3, 0.4) is 0 Å². The summed E-state index contributed by atoms with van der Waals surface area (Å²) in [6.07, 6.45) is 10.6. The number of para-hydroxylation sites is 1. The number of fused-ring (bicyclic) bond motifs is 27. The van der Waals surface area contributed by atoms with E-state index in [1.54, 1.807) is 37.2 Å². The smallest absolute Gasteiger partial charge is 0.143 e. The molecule has 9 nitrogen and oxygen atoms in total. The molecule has 0 N–H and O–H groups in total. The topological polar surface area (TPSA) is 117 Å². The fourth-order valence-electron chi connectivity index (χ4n) is 20.4. The molecule has 0 saturated heterocycles. The number of benzene rings is 21. The predicted molar refractivity (Wildman–Crippen MR) is 549 cm³/mol. The molecule has 0 spiro atoms. The molecule has 0 saturated carbocycles. The molecular weight excluding hydrogens is 1610 g/mol. The van der Waals surface area contributed by atoms with Crippen LogP contribution in [0.1, 0.15) is 16.7 Å². The van der Waals surface area contributed by atoms with Crippen molar-refractivity contribution in [1.29, 1.82) is 0 Å². The van der Waals surface area contributed by atoms with E-state index in [-0.39, 0.29) is 0 Å². The average molecular weight is 1690 g/mol. The van der Waals surface area contributed by atoms with Gasteiger partial charge in [0.25, 0.3) is 0 Å². The Hall–Kier alpha value is -17.4. The van der Waals surface area contributed by atoms with Crippen molar-refractivity contribution in [3.05, 3.63) is 436 Å². The third kappa shape index (κ3) is 13.1. The number of hydrogen-bond donors (Lipinski definition) is 0. The molecule has 0 atom stereocenters. The van der Waals surface area contributed by atoms with Crippen LogP contribution >= 0.6 is 0 Å². The minimum Gasteiger partial charge on any atom is -0.456 e. The first-order valence-corrected chi connectivity index (χ1v) is 44.7. The van der Waals surface area contributed by atoms with E-state index in [4.69, 9.17) is 33.2 Å². The molecule has 0 aliphatic rings. The minimum absolute atomic E-state index is 0.895. The molecule has 0 bridgehead atoms. The van der Waals surface area contributed by atoms with E-state index in [0.29, 0.717) is 0 Å². The summed E-state index contributed by atoms with van der Waals surface area (Å²) in [6.45, 7) is 6.41. The molecule has 27 aromatic rings. The normalized spacial score (nSPS) is 11.8. The lowest BCUT2D eigenvalue weighted by molar-refractivity contribution is 0.662. The highest BCUT2D eigenvalue weighted by Gasteiger charge is 2.24. The number of aromatic nitrogens is 6. The Labute approximate surface area is 758 Å². The molecule has 0 amide bonds. The van der Waals surface area contributed by atoms with Crippen molar-refractivity contribution >= 4 is 164 Å². The van der Waals surface area contributed by atoms with Crippen LogP contribution < -0.4 is 0 Å². The van der Waals surface area contributed by atoms with Crippen molar-refractivity contribution in [3.63, 3.8) is 0 Å².